The molecule has 144 valence electrons. The molecule has 1 aliphatic carbocycles. The van der Waals surface area contributed by atoms with Crippen molar-refractivity contribution in [2.45, 2.75) is 51.7 Å². The van der Waals surface area contributed by atoms with Gasteiger partial charge in [0.1, 0.15) is 0 Å². The van der Waals surface area contributed by atoms with Crippen molar-refractivity contribution in [2.24, 2.45) is 5.41 Å². The second-order valence-electron chi connectivity index (χ2n) is 7.49. The third-order valence-corrected chi connectivity index (χ3v) is 6.37. The average Bonchev–Trinajstić information content (AvgIpc) is 2.97. The monoisotopic (exact) mass is 407 g/mol. The number of amides is 1. The summed E-state index contributed by atoms with van der Waals surface area (Å²) in [6.45, 7) is 7.77. The molecule has 1 atom stereocenters. The van der Waals surface area contributed by atoms with Crippen molar-refractivity contribution >= 4 is 42.1 Å². The van der Waals surface area contributed by atoms with Gasteiger partial charge in [0.15, 0.2) is 0 Å². The Hall–Kier alpha value is -0.330. The number of nitrogens with zero attached hydrogens (tertiary/aromatic N) is 2. The number of nitrogens with one attached hydrogen (secondary N) is 1. The molecule has 1 amide bonds. The van der Waals surface area contributed by atoms with E-state index in [0.29, 0.717) is 24.0 Å². The maximum atomic E-state index is 13.0. The van der Waals surface area contributed by atoms with E-state index in [4.69, 9.17) is 0 Å². The Bertz CT molecular complexity index is 532. The predicted octanol–water partition coefficient (Wildman–Crippen LogP) is 3.40. The van der Waals surface area contributed by atoms with E-state index in [2.05, 4.69) is 45.8 Å². The number of thiophene rings is 1. The van der Waals surface area contributed by atoms with Crippen LogP contribution in [-0.2, 0) is 11.3 Å². The number of hydrogen-bond donors (Lipinski definition) is 1. The van der Waals surface area contributed by atoms with E-state index < -0.39 is 0 Å². The van der Waals surface area contributed by atoms with Crippen molar-refractivity contribution in [1.82, 2.24) is 15.1 Å². The number of piperidine rings is 1. The van der Waals surface area contributed by atoms with Gasteiger partial charge in [-0.05, 0) is 81.1 Å². The summed E-state index contributed by atoms with van der Waals surface area (Å²) >= 11 is 1.71. The number of carbonyl (C=O) groups is 1. The fourth-order valence-electron chi connectivity index (χ4n) is 3.67. The van der Waals surface area contributed by atoms with Gasteiger partial charge in [0.05, 0.1) is 6.54 Å². The lowest BCUT2D eigenvalue weighted by Gasteiger charge is -2.31. The van der Waals surface area contributed by atoms with Gasteiger partial charge in [-0.2, -0.15) is 11.3 Å². The van der Waals surface area contributed by atoms with E-state index >= 15 is 0 Å². The number of carbonyl (C=O) groups excluding carboxylic acids is 1. The molecule has 0 bridgehead atoms. The molecule has 4 nitrogen and oxygen atoms in total. The van der Waals surface area contributed by atoms with Crippen LogP contribution in [0, 0.1) is 5.41 Å². The third-order valence-electron chi connectivity index (χ3n) is 5.64. The third kappa shape index (κ3) is 5.33. The molecule has 1 unspecified atom stereocenters. The molecule has 1 spiro atoms. The number of rotatable bonds is 6. The average molecular weight is 408 g/mol. The molecular formula is C18H31Cl2N3OS. The molecule has 2 aliphatic rings. The molecule has 1 aliphatic heterocycles. The normalized spacial score (nSPS) is 20.9. The van der Waals surface area contributed by atoms with Gasteiger partial charge in [-0.25, -0.2) is 0 Å². The summed E-state index contributed by atoms with van der Waals surface area (Å²) in [6, 6.07) is 2.99. The van der Waals surface area contributed by atoms with Crippen LogP contribution in [-0.4, -0.2) is 54.5 Å². The quantitative estimate of drug-likeness (QED) is 0.784. The first kappa shape index (κ1) is 22.7. The van der Waals surface area contributed by atoms with E-state index in [9.17, 15) is 4.79 Å². The summed E-state index contributed by atoms with van der Waals surface area (Å²) in [4.78, 5) is 17.3. The molecule has 0 radical (unpaired) electrons. The smallest absolute Gasteiger partial charge is 0.237 e. The molecule has 1 saturated heterocycles. The summed E-state index contributed by atoms with van der Waals surface area (Å²) in [7, 11) is 2.04. The number of hydrogen-bond acceptors (Lipinski definition) is 4. The van der Waals surface area contributed by atoms with Crippen molar-refractivity contribution < 1.29 is 4.79 Å². The summed E-state index contributed by atoms with van der Waals surface area (Å²) < 4.78 is 0. The van der Waals surface area contributed by atoms with Gasteiger partial charge >= 0.3 is 0 Å². The van der Waals surface area contributed by atoms with Crippen molar-refractivity contribution in [3.8, 4) is 0 Å². The Morgan fingerprint density at radius 3 is 2.60 bits per heavy atom. The minimum atomic E-state index is 0. The Balaban J connectivity index is 0.00000156. The minimum Gasteiger partial charge on any atom is -0.334 e. The van der Waals surface area contributed by atoms with Crippen LogP contribution in [0.3, 0.4) is 0 Å². The Kier molecular flexibility index (Phi) is 8.69. The van der Waals surface area contributed by atoms with Gasteiger partial charge in [0.2, 0.25) is 5.91 Å². The standard InChI is InChI=1S/C18H29N3OS.2ClH/c1-14(2)20(3)12-17(22)21(11-15-4-9-23-13-15)16-10-18(16)5-7-19-8-6-18;;/h4,9,13-14,16,19H,5-8,10-12H2,1-3H3;2*1H. The van der Waals surface area contributed by atoms with E-state index in [1.165, 1.54) is 24.8 Å². The van der Waals surface area contributed by atoms with Crippen LogP contribution >= 0.6 is 36.2 Å². The molecule has 0 aromatic carbocycles. The van der Waals surface area contributed by atoms with Crippen LogP contribution in [0.1, 0.15) is 38.7 Å². The summed E-state index contributed by atoms with van der Waals surface area (Å²) in [5.41, 5.74) is 1.67. The fourth-order valence-corrected chi connectivity index (χ4v) is 4.33. The summed E-state index contributed by atoms with van der Waals surface area (Å²) in [5, 5.41) is 7.72. The highest BCUT2D eigenvalue weighted by Gasteiger charge is 2.57. The Labute approximate surface area is 168 Å². The lowest BCUT2D eigenvalue weighted by atomic mass is 9.93. The van der Waals surface area contributed by atoms with Crippen LogP contribution in [0.15, 0.2) is 16.8 Å². The topological polar surface area (TPSA) is 35.6 Å². The van der Waals surface area contributed by atoms with Crippen molar-refractivity contribution in [3.63, 3.8) is 0 Å². The highest BCUT2D eigenvalue weighted by atomic mass is 35.5. The van der Waals surface area contributed by atoms with Crippen LogP contribution in [0.5, 0.6) is 0 Å². The van der Waals surface area contributed by atoms with Crippen LogP contribution in [0.4, 0.5) is 0 Å². The maximum absolute atomic E-state index is 13.0. The van der Waals surface area contributed by atoms with Gasteiger partial charge in [0.25, 0.3) is 0 Å². The van der Waals surface area contributed by atoms with E-state index in [1.807, 2.05) is 7.05 Å². The molecular weight excluding hydrogens is 377 g/mol. The SMILES string of the molecule is CC(C)N(C)CC(=O)N(Cc1ccsc1)C1CC12CCNCC2.Cl.Cl. The van der Waals surface area contributed by atoms with Crippen LogP contribution in [0.25, 0.3) is 0 Å². The summed E-state index contributed by atoms with van der Waals surface area (Å²) in [6.07, 6.45) is 3.62. The first-order valence-corrected chi connectivity index (χ1v) is 9.68. The molecule has 7 heteroatoms. The van der Waals surface area contributed by atoms with Crippen molar-refractivity contribution in [2.75, 3.05) is 26.7 Å². The van der Waals surface area contributed by atoms with Crippen molar-refractivity contribution in [3.05, 3.63) is 22.4 Å². The highest BCUT2D eigenvalue weighted by molar-refractivity contribution is 7.07. The fraction of sp³-hybridized carbons (Fsp3) is 0.722. The molecule has 3 rings (SSSR count). The highest BCUT2D eigenvalue weighted by Crippen LogP contribution is 2.56. The second kappa shape index (κ2) is 9.56. The van der Waals surface area contributed by atoms with E-state index in [-0.39, 0.29) is 30.7 Å². The minimum absolute atomic E-state index is 0. The first-order chi connectivity index (χ1) is 11.0. The number of halogens is 2. The van der Waals surface area contributed by atoms with Crippen LogP contribution in [0.2, 0.25) is 0 Å². The van der Waals surface area contributed by atoms with E-state index in [0.717, 1.165) is 19.6 Å². The van der Waals surface area contributed by atoms with Gasteiger partial charge in [-0.3, -0.25) is 9.69 Å². The maximum Gasteiger partial charge on any atom is 0.237 e. The zero-order valence-electron chi connectivity index (χ0n) is 15.4. The van der Waals surface area contributed by atoms with Gasteiger partial charge in [-0.1, -0.05) is 0 Å². The molecule has 25 heavy (non-hydrogen) atoms. The predicted molar refractivity (Wildman–Crippen MR) is 110 cm³/mol. The Morgan fingerprint density at radius 2 is 2.04 bits per heavy atom. The van der Waals surface area contributed by atoms with Gasteiger partial charge in [0, 0.05) is 18.6 Å². The molecule has 2 heterocycles. The molecule has 1 aromatic rings. The molecule has 2 fully saturated rings. The summed E-state index contributed by atoms with van der Waals surface area (Å²) in [5.74, 6) is 0.285. The van der Waals surface area contributed by atoms with Gasteiger partial charge < -0.3 is 10.2 Å². The molecule has 1 aromatic heterocycles. The van der Waals surface area contributed by atoms with Crippen LogP contribution < -0.4 is 5.32 Å². The number of likely N-dealkylation sites (N-methyl/N-ethyl adjacent to an activating group) is 1. The second-order valence-corrected chi connectivity index (χ2v) is 8.27. The zero-order valence-corrected chi connectivity index (χ0v) is 17.8. The molecule has 1 N–H and O–H groups in total. The van der Waals surface area contributed by atoms with Gasteiger partial charge in [-0.15, -0.1) is 24.8 Å². The lowest BCUT2D eigenvalue weighted by molar-refractivity contribution is -0.134. The Morgan fingerprint density at radius 1 is 1.36 bits per heavy atom. The van der Waals surface area contributed by atoms with Crippen molar-refractivity contribution in [1.29, 1.82) is 0 Å². The lowest BCUT2D eigenvalue weighted by Crippen LogP contribution is -2.44. The molecule has 1 saturated carbocycles. The largest absolute Gasteiger partial charge is 0.334 e. The first-order valence-electron chi connectivity index (χ1n) is 8.73. The van der Waals surface area contributed by atoms with E-state index in [1.54, 1.807) is 11.3 Å². The zero-order chi connectivity index (χ0) is 16.4.